The van der Waals surface area contributed by atoms with Crippen molar-refractivity contribution in [1.29, 1.82) is 0 Å². The van der Waals surface area contributed by atoms with Gasteiger partial charge >= 0.3 is 23.9 Å². The Balaban J connectivity index is 5.30. The summed E-state index contributed by atoms with van der Waals surface area (Å²) in [5.41, 5.74) is 0. The largest absolute Gasteiger partial charge is 0.460 e. The van der Waals surface area contributed by atoms with Gasteiger partial charge in [-0.15, -0.1) is 0 Å². The van der Waals surface area contributed by atoms with E-state index in [1.807, 2.05) is 0 Å². The molecule has 0 saturated heterocycles. The highest BCUT2D eigenvalue weighted by Crippen LogP contribution is 2.54. The van der Waals surface area contributed by atoms with E-state index in [0.717, 1.165) is 0 Å². The van der Waals surface area contributed by atoms with Gasteiger partial charge in [0.15, 0.2) is 0 Å². The first kappa shape index (κ1) is 19.4. The van der Waals surface area contributed by atoms with Crippen molar-refractivity contribution < 1.29 is 44.3 Å². The van der Waals surface area contributed by atoms with Gasteiger partial charge in [-0.25, -0.2) is 0 Å². The predicted molar refractivity (Wildman–Crippen MR) is 53.3 cm³/mol. The lowest BCUT2D eigenvalue weighted by Crippen LogP contribution is -2.63. The zero-order valence-corrected chi connectivity index (χ0v) is 10.7. The number of carbonyl (C=O) groups excluding carboxylic acids is 1. The number of hydrogen-bond donors (Lipinski definition) is 0. The summed E-state index contributed by atoms with van der Waals surface area (Å²) in [7, 11) is 0. The minimum Gasteiger partial charge on any atom is -0.280 e. The standard InChI is InChI=1S/C9H9F9OS/c1-2-3-4-20-5(19)6(10,11)7(12,13)8(14,15)9(16,17)18/h2-4H2,1H3. The van der Waals surface area contributed by atoms with Crippen LogP contribution in [0.2, 0.25) is 0 Å². The minimum atomic E-state index is -7.02. The molecule has 1 nitrogen and oxygen atoms in total. The van der Waals surface area contributed by atoms with Gasteiger partial charge in [-0.2, -0.15) is 39.5 Å². The molecule has 0 aromatic heterocycles. The van der Waals surface area contributed by atoms with Gasteiger partial charge in [0.2, 0.25) is 0 Å². The van der Waals surface area contributed by atoms with Crippen LogP contribution in [0.15, 0.2) is 0 Å². The summed E-state index contributed by atoms with van der Waals surface area (Å²) in [6, 6.07) is 0. The molecule has 0 aliphatic carbocycles. The maximum atomic E-state index is 12.9. The van der Waals surface area contributed by atoms with E-state index >= 15 is 0 Å². The topological polar surface area (TPSA) is 17.1 Å². The Bertz CT molecular complexity index is 350. The van der Waals surface area contributed by atoms with Crippen molar-refractivity contribution in [3.63, 3.8) is 0 Å². The second-order valence-corrected chi connectivity index (χ2v) is 4.78. The molecule has 0 spiro atoms. The van der Waals surface area contributed by atoms with E-state index in [0.29, 0.717) is 6.42 Å². The maximum Gasteiger partial charge on any atom is 0.460 e. The highest BCUT2D eigenvalue weighted by Gasteiger charge is 2.83. The molecule has 0 bridgehead atoms. The first-order valence-corrected chi connectivity index (χ1v) is 6.09. The number of alkyl halides is 9. The monoisotopic (exact) mass is 336 g/mol. The lowest BCUT2D eigenvalue weighted by molar-refractivity contribution is -0.387. The van der Waals surface area contributed by atoms with Gasteiger partial charge in [-0.3, -0.25) is 4.79 Å². The smallest absolute Gasteiger partial charge is 0.280 e. The highest BCUT2D eigenvalue weighted by atomic mass is 32.2. The molecular weight excluding hydrogens is 327 g/mol. The number of halogens is 9. The zero-order valence-electron chi connectivity index (χ0n) is 9.84. The molecule has 120 valence electrons. The summed E-state index contributed by atoms with van der Waals surface area (Å²) < 4.78 is 112. The number of unbranched alkanes of at least 4 members (excludes halogenated alkanes) is 1. The molecule has 0 radical (unpaired) electrons. The van der Waals surface area contributed by atoms with Crippen LogP contribution in [0.1, 0.15) is 19.8 Å². The molecular formula is C9H9F9OS. The van der Waals surface area contributed by atoms with Gasteiger partial charge in [-0.05, 0) is 6.42 Å². The third-order valence-electron chi connectivity index (χ3n) is 2.13. The second-order valence-electron chi connectivity index (χ2n) is 3.71. The normalized spacial score (nSPS) is 14.5. The molecule has 0 aromatic carbocycles. The average Bonchev–Trinajstić information content (AvgIpc) is 2.27. The van der Waals surface area contributed by atoms with Crippen molar-refractivity contribution >= 4 is 16.9 Å². The van der Waals surface area contributed by atoms with Gasteiger partial charge in [0, 0.05) is 5.75 Å². The van der Waals surface area contributed by atoms with E-state index in [2.05, 4.69) is 0 Å². The number of hydrogen-bond acceptors (Lipinski definition) is 2. The van der Waals surface area contributed by atoms with Gasteiger partial charge in [0.05, 0.1) is 0 Å². The number of thioether (sulfide) groups is 1. The predicted octanol–water partition coefficient (Wildman–Crippen LogP) is 4.51. The van der Waals surface area contributed by atoms with Crippen LogP contribution in [0.3, 0.4) is 0 Å². The van der Waals surface area contributed by atoms with Gasteiger partial charge in [0.1, 0.15) is 0 Å². The Hall–Kier alpha value is -0.610. The Morgan fingerprint density at radius 3 is 1.70 bits per heavy atom. The van der Waals surface area contributed by atoms with E-state index in [-0.39, 0.29) is 6.42 Å². The summed E-state index contributed by atoms with van der Waals surface area (Å²) in [6.45, 7) is 1.57. The average molecular weight is 336 g/mol. The molecule has 11 heteroatoms. The third kappa shape index (κ3) is 3.34. The lowest BCUT2D eigenvalue weighted by atomic mass is 10.1. The lowest BCUT2D eigenvalue weighted by Gasteiger charge is -2.32. The Kier molecular flexibility index (Phi) is 5.84. The van der Waals surface area contributed by atoms with E-state index in [1.54, 1.807) is 6.92 Å². The van der Waals surface area contributed by atoms with Crippen LogP contribution in [0.5, 0.6) is 0 Å². The van der Waals surface area contributed by atoms with Crippen molar-refractivity contribution in [3.05, 3.63) is 0 Å². The summed E-state index contributed by atoms with van der Waals surface area (Å²) in [5.74, 6) is -20.4. The first-order valence-electron chi connectivity index (χ1n) is 5.10. The SMILES string of the molecule is CCCCSC(=O)C(F)(F)C(F)(F)C(F)(F)C(F)(F)F. The van der Waals surface area contributed by atoms with Crippen molar-refractivity contribution in [2.45, 2.75) is 43.7 Å². The van der Waals surface area contributed by atoms with Crippen molar-refractivity contribution in [2.24, 2.45) is 0 Å². The molecule has 0 rings (SSSR count). The molecule has 0 unspecified atom stereocenters. The summed E-state index contributed by atoms with van der Waals surface area (Å²) >= 11 is -0.408. The van der Waals surface area contributed by atoms with Crippen LogP contribution >= 0.6 is 11.8 Å². The molecule has 0 fully saturated rings. The quantitative estimate of drug-likeness (QED) is 0.524. The molecule has 0 saturated carbocycles. The molecule has 0 aromatic rings. The van der Waals surface area contributed by atoms with Crippen LogP contribution in [-0.2, 0) is 4.79 Å². The Morgan fingerprint density at radius 1 is 0.900 bits per heavy atom. The molecule has 0 N–H and O–H groups in total. The van der Waals surface area contributed by atoms with Gasteiger partial charge in [0.25, 0.3) is 5.12 Å². The fourth-order valence-electron chi connectivity index (χ4n) is 0.903. The summed E-state index contributed by atoms with van der Waals surface area (Å²) in [5, 5.41) is -2.72. The van der Waals surface area contributed by atoms with Crippen LogP contribution in [-0.4, -0.2) is 34.8 Å². The van der Waals surface area contributed by atoms with Gasteiger partial charge in [-0.1, -0.05) is 25.1 Å². The summed E-state index contributed by atoms with van der Waals surface area (Å²) in [4.78, 5) is 10.8. The van der Waals surface area contributed by atoms with Crippen LogP contribution < -0.4 is 0 Å². The highest BCUT2D eigenvalue weighted by molar-refractivity contribution is 8.13. The summed E-state index contributed by atoms with van der Waals surface area (Å²) in [6.07, 6.45) is -6.39. The van der Waals surface area contributed by atoms with Crippen molar-refractivity contribution in [1.82, 2.24) is 0 Å². The van der Waals surface area contributed by atoms with Crippen LogP contribution in [0.25, 0.3) is 0 Å². The Morgan fingerprint density at radius 2 is 1.35 bits per heavy atom. The molecule has 0 atom stereocenters. The first-order chi connectivity index (χ1) is 8.73. The van der Waals surface area contributed by atoms with E-state index in [1.165, 1.54) is 0 Å². The number of rotatable bonds is 6. The molecule has 0 heterocycles. The third-order valence-corrected chi connectivity index (χ3v) is 3.14. The van der Waals surface area contributed by atoms with Crippen LogP contribution in [0.4, 0.5) is 39.5 Å². The van der Waals surface area contributed by atoms with E-state index in [4.69, 9.17) is 0 Å². The van der Waals surface area contributed by atoms with Crippen molar-refractivity contribution in [2.75, 3.05) is 5.75 Å². The van der Waals surface area contributed by atoms with E-state index < -0.39 is 46.6 Å². The fourth-order valence-corrected chi connectivity index (χ4v) is 1.83. The van der Waals surface area contributed by atoms with Crippen LogP contribution in [0, 0.1) is 0 Å². The minimum absolute atomic E-state index is 0.133. The molecule has 20 heavy (non-hydrogen) atoms. The Labute approximate surface area is 111 Å². The molecule has 0 aliphatic heterocycles. The second kappa shape index (κ2) is 6.02. The van der Waals surface area contributed by atoms with Gasteiger partial charge < -0.3 is 0 Å². The maximum absolute atomic E-state index is 12.9. The molecule has 0 amide bonds. The molecule has 0 aliphatic rings. The van der Waals surface area contributed by atoms with Crippen molar-refractivity contribution in [3.8, 4) is 0 Å². The zero-order chi connectivity index (χ0) is 16.4. The number of carbonyl (C=O) groups is 1. The fraction of sp³-hybridized carbons (Fsp3) is 0.889. The van der Waals surface area contributed by atoms with E-state index in [9.17, 15) is 44.3 Å².